The predicted octanol–water partition coefficient (Wildman–Crippen LogP) is 1.23. The van der Waals surface area contributed by atoms with Crippen LogP contribution in [-0.4, -0.2) is 43.3 Å². The molecule has 3 rings (SSSR count). The molecule has 0 unspecified atom stereocenters. The Bertz CT molecular complexity index is 1110. The molecule has 0 aliphatic carbocycles. The maximum absolute atomic E-state index is 12.5. The number of fused-ring (bicyclic) bond motifs is 1. The first kappa shape index (κ1) is 19.5. The lowest BCUT2D eigenvalue weighted by molar-refractivity contribution is -0.115. The largest absolute Gasteiger partial charge is 0.352 e. The van der Waals surface area contributed by atoms with Gasteiger partial charge in [-0.05, 0) is 43.3 Å². The molecule has 28 heavy (non-hydrogen) atoms. The van der Waals surface area contributed by atoms with Crippen LogP contribution in [0, 0.1) is 0 Å². The highest BCUT2D eigenvalue weighted by Crippen LogP contribution is 2.20. The van der Waals surface area contributed by atoms with Gasteiger partial charge >= 0.3 is 0 Å². The molecule has 0 atom stereocenters. The maximum atomic E-state index is 12.5. The summed E-state index contributed by atoms with van der Waals surface area (Å²) < 4.78 is 27.2. The Hall–Kier alpha value is -3.24. The van der Waals surface area contributed by atoms with E-state index >= 15 is 0 Å². The molecule has 0 aliphatic rings. The van der Waals surface area contributed by atoms with Crippen molar-refractivity contribution in [3.8, 4) is 0 Å². The number of nitrogens with one attached hydrogen (secondary N) is 4. The summed E-state index contributed by atoms with van der Waals surface area (Å²) in [7, 11) is -3.89. The van der Waals surface area contributed by atoms with Gasteiger partial charge in [0, 0.05) is 35.6 Å². The fourth-order valence-corrected chi connectivity index (χ4v) is 3.71. The molecular weight excluding hydrogens is 382 g/mol. The zero-order valence-electron chi connectivity index (χ0n) is 15.0. The Kier molecular flexibility index (Phi) is 5.71. The number of rotatable bonds is 7. The normalized spacial score (nSPS) is 11.3. The maximum Gasteiger partial charge on any atom is 0.251 e. The lowest BCUT2D eigenvalue weighted by atomic mass is 10.2. The molecule has 146 valence electrons. The SMILES string of the molecule is CCNC(=O)c1ccc(NC(=O)CNS(=O)(=O)c2c[nH]c3ncccc23)cc1. The van der Waals surface area contributed by atoms with Gasteiger partial charge in [0.05, 0.1) is 6.54 Å². The Morgan fingerprint density at radius 1 is 1.14 bits per heavy atom. The minimum Gasteiger partial charge on any atom is -0.352 e. The van der Waals surface area contributed by atoms with Crippen LogP contribution in [-0.2, 0) is 14.8 Å². The molecule has 10 heteroatoms. The number of sulfonamides is 1. The minimum atomic E-state index is -3.89. The summed E-state index contributed by atoms with van der Waals surface area (Å²) in [6.07, 6.45) is 2.88. The molecule has 2 aromatic heterocycles. The van der Waals surface area contributed by atoms with Gasteiger partial charge in [0.25, 0.3) is 5.91 Å². The van der Waals surface area contributed by atoms with E-state index in [9.17, 15) is 18.0 Å². The predicted molar refractivity (Wildman–Crippen MR) is 104 cm³/mol. The summed E-state index contributed by atoms with van der Waals surface area (Å²) in [4.78, 5) is 30.6. The van der Waals surface area contributed by atoms with E-state index in [1.54, 1.807) is 42.6 Å². The highest BCUT2D eigenvalue weighted by molar-refractivity contribution is 7.89. The highest BCUT2D eigenvalue weighted by Gasteiger charge is 2.20. The van der Waals surface area contributed by atoms with Crippen molar-refractivity contribution < 1.29 is 18.0 Å². The van der Waals surface area contributed by atoms with Crippen molar-refractivity contribution in [2.75, 3.05) is 18.4 Å². The molecule has 2 heterocycles. The van der Waals surface area contributed by atoms with Crippen LogP contribution >= 0.6 is 0 Å². The molecule has 0 spiro atoms. The number of nitrogens with zero attached hydrogens (tertiary/aromatic N) is 1. The number of carbonyl (C=O) groups excluding carboxylic acids is 2. The van der Waals surface area contributed by atoms with Gasteiger partial charge in [-0.15, -0.1) is 0 Å². The zero-order valence-corrected chi connectivity index (χ0v) is 15.8. The Balaban J connectivity index is 1.61. The van der Waals surface area contributed by atoms with E-state index in [-0.39, 0.29) is 10.8 Å². The second kappa shape index (κ2) is 8.19. The van der Waals surface area contributed by atoms with Gasteiger partial charge < -0.3 is 15.6 Å². The van der Waals surface area contributed by atoms with Crippen molar-refractivity contribution in [1.29, 1.82) is 0 Å². The average Bonchev–Trinajstić information content (AvgIpc) is 3.12. The number of benzene rings is 1. The fraction of sp³-hybridized carbons (Fsp3) is 0.167. The first-order valence-corrected chi connectivity index (χ1v) is 9.99. The first-order chi connectivity index (χ1) is 13.4. The van der Waals surface area contributed by atoms with Crippen molar-refractivity contribution in [3.05, 3.63) is 54.4 Å². The Morgan fingerprint density at radius 3 is 2.61 bits per heavy atom. The summed E-state index contributed by atoms with van der Waals surface area (Å²) >= 11 is 0. The van der Waals surface area contributed by atoms with Crippen LogP contribution < -0.4 is 15.4 Å². The summed E-state index contributed by atoms with van der Waals surface area (Å²) in [5.74, 6) is -0.742. The Morgan fingerprint density at radius 2 is 1.89 bits per heavy atom. The molecule has 3 aromatic rings. The van der Waals surface area contributed by atoms with Crippen molar-refractivity contribution in [2.45, 2.75) is 11.8 Å². The van der Waals surface area contributed by atoms with Crippen LogP contribution in [0.2, 0.25) is 0 Å². The minimum absolute atomic E-state index is 0.0229. The molecule has 0 fully saturated rings. The van der Waals surface area contributed by atoms with Gasteiger partial charge in [-0.2, -0.15) is 0 Å². The van der Waals surface area contributed by atoms with Gasteiger partial charge in [-0.25, -0.2) is 18.1 Å². The number of H-pyrrole nitrogens is 1. The number of carbonyl (C=O) groups is 2. The van der Waals surface area contributed by atoms with Gasteiger partial charge in [-0.3, -0.25) is 9.59 Å². The molecule has 0 saturated carbocycles. The number of aromatic nitrogens is 2. The van der Waals surface area contributed by atoms with Gasteiger partial charge in [0.2, 0.25) is 15.9 Å². The van der Waals surface area contributed by atoms with Crippen molar-refractivity contribution in [3.63, 3.8) is 0 Å². The van der Waals surface area contributed by atoms with Crippen molar-refractivity contribution in [2.24, 2.45) is 0 Å². The topological polar surface area (TPSA) is 133 Å². The fourth-order valence-electron chi connectivity index (χ4n) is 2.56. The third kappa shape index (κ3) is 4.35. The summed E-state index contributed by atoms with van der Waals surface area (Å²) in [6, 6.07) is 9.55. The second-order valence-corrected chi connectivity index (χ2v) is 7.60. The number of anilines is 1. The van der Waals surface area contributed by atoms with Crippen LogP contribution in [0.4, 0.5) is 5.69 Å². The number of pyridine rings is 1. The van der Waals surface area contributed by atoms with Gasteiger partial charge in [-0.1, -0.05) is 0 Å². The molecule has 0 bridgehead atoms. The zero-order chi connectivity index (χ0) is 20.1. The summed E-state index contributed by atoms with van der Waals surface area (Å²) in [5, 5.41) is 5.69. The van der Waals surface area contributed by atoms with E-state index in [1.807, 2.05) is 6.92 Å². The first-order valence-electron chi connectivity index (χ1n) is 8.50. The van der Waals surface area contributed by atoms with E-state index in [1.165, 1.54) is 6.20 Å². The molecule has 1 aromatic carbocycles. The Labute approximate surface area is 161 Å². The third-order valence-electron chi connectivity index (χ3n) is 3.89. The van der Waals surface area contributed by atoms with Crippen molar-refractivity contribution >= 4 is 38.6 Å². The van der Waals surface area contributed by atoms with E-state index in [2.05, 4.69) is 25.3 Å². The summed E-state index contributed by atoms with van der Waals surface area (Å²) in [5.41, 5.74) is 1.36. The summed E-state index contributed by atoms with van der Waals surface area (Å²) in [6.45, 7) is 1.90. The van der Waals surface area contributed by atoms with Crippen LogP contribution in [0.25, 0.3) is 11.0 Å². The van der Waals surface area contributed by atoms with E-state index in [4.69, 9.17) is 0 Å². The number of amides is 2. The van der Waals surface area contributed by atoms with Crippen LogP contribution in [0.3, 0.4) is 0 Å². The molecule has 9 nitrogen and oxygen atoms in total. The molecular formula is C18H19N5O4S. The smallest absolute Gasteiger partial charge is 0.251 e. The van der Waals surface area contributed by atoms with Crippen LogP contribution in [0.1, 0.15) is 17.3 Å². The highest BCUT2D eigenvalue weighted by atomic mass is 32.2. The second-order valence-electron chi connectivity index (χ2n) is 5.86. The van der Waals surface area contributed by atoms with Gasteiger partial charge in [0.15, 0.2) is 0 Å². The molecule has 0 radical (unpaired) electrons. The van der Waals surface area contributed by atoms with E-state index < -0.39 is 22.5 Å². The van der Waals surface area contributed by atoms with Crippen molar-refractivity contribution in [1.82, 2.24) is 20.0 Å². The molecule has 2 amide bonds. The standard InChI is InChI=1S/C18H19N5O4S/c1-2-19-18(25)12-5-7-13(8-6-12)23-16(24)11-22-28(26,27)15-10-21-17-14(15)4-3-9-20-17/h3-10,22H,2,11H2,1H3,(H,19,25)(H,20,21)(H,23,24). The number of hydrogen-bond acceptors (Lipinski definition) is 5. The quantitative estimate of drug-likeness (QED) is 0.473. The number of hydrogen-bond donors (Lipinski definition) is 4. The van der Waals surface area contributed by atoms with Crippen LogP contribution in [0.5, 0.6) is 0 Å². The molecule has 4 N–H and O–H groups in total. The van der Waals surface area contributed by atoms with E-state index in [0.29, 0.717) is 28.8 Å². The van der Waals surface area contributed by atoms with Gasteiger partial charge in [0.1, 0.15) is 10.5 Å². The number of aromatic amines is 1. The molecule has 0 saturated heterocycles. The average molecular weight is 401 g/mol. The lowest BCUT2D eigenvalue weighted by Gasteiger charge is -2.08. The van der Waals surface area contributed by atoms with Crippen LogP contribution in [0.15, 0.2) is 53.7 Å². The monoisotopic (exact) mass is 401 g/mol. The third-order valence-corrected chi connectivity index (χ3v) is 5.33. The lowest BCUT2D eigenvalue weighted by Crippen LogP contribution is -2.32. The van der Waals surface area contributed by atoms with E-state index in [0.717, 1.165) is 0 Å². The molecule has 0 aliphatic heterocycles.